The van der Waals surface area contributed by atoms with Crippen LogP contribution in [0, 0.1) is 10.1 Å². The van der Waals surface area contributed by atoms with Gasteiger partial charge >= 0.3 is 11.9 Å². The predicted octanol–water partition coefficient (Wildman–Crippen LogP) is 3.12. The highest BCUT2D eigenvalue weighted by atomic mass is 16.6. The maximum absolute atomic E-state index is 12.1. The van der Waals surface area contributed by atoms with Crippen LogP contribution in [-0.4, -0.2) is 23.3 Å². The largest absolute Gasteiger partial charge is 0.454 e. The van der Waals surface area contributed by atoms with Gasteiger partial charge in [-0.1, -0.05) is 12.1 Å². The van der Waals surface area contributed by atoms with E-state index in [2.05, 4.69) is 0 Å². The number of ketones is 1. The van der Waals surface area contributed by atoms with Gasteiger partial charge in [-0.3, -0.25) is 14.9 Å². The highest BCUT2D eigenvalue weighted by Crippen LogP contribution is 2.23. The van der Waals surface area contributed by atoms with Gasteiger partial charge in [-0.25, -0.2) is 4.79 Å². The van der Waals surface area contributed by atoms with Crippen LogP contribution in [0.25, 0.3) is 6.08 Å². The molecule has 0 aliphatic heterocycles. The van der Waals surface area contributed by atoms with Gasteiger partial charge in [0.25, 0.3) is 0 Å². The van der Waals surface area contributed by atoms with Gasteiger partial charge in [0.2, 0.25) is 0 Å². The molecular formula is C18H15NO6. The number of esters is 1. The van der Waals surface area contributed by atoms with Crippen molar-refractivity contribution in [2.45, 2.75) is 19.3 Å². The summed E-state index contributed by atoms with van der Waals surface area (Å²) >= 11 is 0. The van der Waals surface area contributed by atoms with Crippen LogP contribution in [0.15, 0.2) is 40.8 Å². The molecule has 0 spiro atoms. The van der Waals surface area contributed by atoms with Crippen LogP contribution in [-0.2, 0) is 22.4 Å². The van der Waals surface area contributed by atoms with Gasteiger partial charge in [-0.05, 0) is 48.6 Å². The Bertz CT molecular complexity index is 864. The smallest absolute Gasteiger partial charge is 0.433 e. The van der Waals surface area contributed by atoms with Gasteiger partial charge in [0.05, 0.1) is 6.07 Å². The molecule has 25 heavy (non-hydrogen) atoms. The van der Waals surface area contributed by atoms with Crippen LogP contribution in [0.2, 0.25) is 0 Å². The highest BCUT2D eigenvalue weighted by Gasteiger charge is 2.15. The molecule has 7 heteroatoms. The summed E-state index contributed by atoms with van der Waals surface area (Å²) in [5, 5.41) is 10.5. The lowest BCUT2D eigenvalue weighted by atomic mass is 10.0. The third-order valence-corrected chi connectivity index (χ3v) is 3.94. The van der Waals surface area contributed by atoms with E-state index >= 15 is 0 Å². The molecule has 1 heterocycles. The summed E-state index contributed by atoms with van der Waals surface area (Å²) in [5.74, 6) is -1.27. The molecule has 0 unspecified atom stereocenters. The second-order valence-corrected chi connectivity index (χ2v) is 5.63. The molecule has 128 valence electrons. The Morgan fingerprint density at radius 1 is 1.20 bits per heavy atom. The van der Waals surface area contributed by atoms with Gasteiger partial charge in [0, 0.05) is 11.6 Å². The molecule has 1 aromatic carbocycles. The molecule has 1 aliphatic rings. The van der Waals surface area contributed by atoms with Crippen LogP contribution in [0.4, 0.5) is 5.88 Å². The van der Waals surface area contributed by atoms with Crippen LogP contribution in [0.5, 0.6) is 0 Å². The average Bonchev–Trinajstić information content (AvgIpc) is 3.26. The molecule has 2 aromatic rings. The van der Waals surface area contributed by atoms with Crippen molar-refractivity contribution >= 4 is 23.7 Å². The Morgan fingerprint density at radius 2 is 2.00 bits per heavy atom. The van der Waals surface area contributed by atoms with Crippen molar-refractivity contribution in [2.24, 2.45) is 0 Å². The van der Waals surface area contributed by atoms with E-state index in [1.54, 1.807) is 6.07 Å². The van der Waals surface area contributed by atoms with Crippen molar-refractivity contribution in [3.63, 3.8) is 0 Å². The molecule has 0 bridgehead atoms. The average molecular weight is 341 g/mol. The second-order valence-electron chi connectivity index (χ2n) is 5.63. The fourth-order valence-electron chi connectivity index (χ4n) is 2.69. The zero-order chi connectivity index (χ0) is 17.8. The van der Waals surface area contributed by atoms with Gasteiger partial charge in [0.15, 0.2) is 12.4 Å². The normalized spacial score (nSPS) is 13.0. The molecule has 0 fully saturated rings. The topological polar surface area (TPSA) is 99.7 Å². The van der Waals surface area contributed by atoms with Crippen LogP contribution in [0.1, 0.15) is 33.7 Å². The number of fused-ring (bicyclic) bond motifs is 1. The molecule has 0 amide bonds. The summed E-state index contributed by atoms with van der Waals surface area (Å²) < 4.78 is 9.78. The zero-order valence-corrected chi connectivity index (χ0v) is 13.3. The lowest BCUT2D eigenvalue weighted by Gasteiger charge is -2.04. The third kappa shape index (κ3) is 4.00. The van der Waals surface area contributed by atoms with E-state index in [0.717, 1.165) is 25.3 Å². The van der Waals surface area contributed by atoms with E-state index in [0.29, 0.717) is 5.56 Å². The first-order chi connectivity index (χ1) is 12.0. The monoisotopic (exact) mass is 341 g/mol. The number of hydrogen-bond acceptors (Lipinski definition) is 6. The number of rotatable bonds is 6. The maximum Gasteiger partial charge on any atom is 0.433 e. The van der Waals surface area contributed by atoms with Crippen molar-refractivity contribution in [3.8, 4) is 0 Å². The SMILES string of the molecule is O=C(/C=C/c1ccc([N+](=O)[O-])o1)OCC(=O)c1ccc2c(c1)CCC2. The Kier molecular flexibility index (Phi) is 4.74. The maximum atomic E-state index is 12.1. The molecule has 7 nitrogen and oxygen atoms in total. The van der Waals surface area contributed by atoms with Gasteiger partial charge < -0.3 is 9.15 Å². The second kappa shape index (κ2) is 7.12. The fraction of sp³-hybridized carbons (Fsp3) is 0.222. The summed E-state index contributed by atoms with van der Waals surface area (Å²) in [5.41, 5.74) is 2.97. The molecule has 1 aromatic heterocycles. The number of furan rings is 1. The van der Waals surface area contributed by atoms with Gasteiger partial charge in [-0.15, -0.1) is 0 Å². The number of aryl methyl sites for hydroxylation is 2. The number of nitrogens with zero attached hydrogens (tertiary/aromatic N) is 1. The van der Waals surface area contributed by atoms with E-state index in [1.165, 1.54) is 29.3 Å². The summed E-state index contributed by atoms with van der Waals surface area (Å²) in [6.45, 7) is -0.361. The quantitative estimate of drug-likeness (QED) is 0.263. The van der Waals surface area contributed by atoms with Gasteiger partial charge in [0.1, 0.15) is 10.7 Å². The Labute approximate surface area is 143 Å². The fourth-order valence-corrected chi connectivity index (χ4v) is 2.69. The Hall–Kier alpha value is -3.22. The highest BCUT2D eigenvalue weighted by molar-refractivity contribution is 5.99. The Balaban J connectivity index is 1.53. The molecular weight excluding hydrogens is 326 g/mol. The minimum Gasteiger partial charge on any atom is -0.454 e. The number of carbonyl (C=O) groups is 2. The number of ether oxygens (including phenoxy) is 1. The lowest BCUT2D eigenvalue weighted by molar-refractivity contribution is -0.402. The van der Waals surface area contributed by atoms with Crippen LogP contribution in [0.3, 0.4) is 0 Å². The lowest BCUT2D eigenvalue weighted by Crippen LogP contribution is -2.12. The summed E-state index contributed by atoms with van der Waals surface area (Å²) in [6, 6.07) is 8.09. The number of nitro groups is 1. The molecule has 0 saturated carbocycles. The summed E-state index contributed by atoms with van der Waals surface area (Å²) in [6.07, 6.45) is 5.40. The van der Waals surface area contributed by atoms with Gasteiger partial charge in [-0.2, -0.15) is 0 Å². The molecule has 1 aliphatic carbocycles. The zero-order valence-electron chi connectivity index (χ0n) is 13.3. The van der Waals surface area contributed by atoms with E-state index < -0.39 is 16.8 Å². The predicted molar refractivity (Wildman–Crippen MR) is 88.2 cm³/mol. The van der Waals surface area contributed by atoms with Crippen molar-refractivity contribution in [3.05, 3.63) is 69.0 Å². The first kappa shape index (κ1) is 16.6. The third-order valence-electron chi connectivity index (χ3n) is 3.94. The first-order valence-electron chi connectivity index (χ1n) is 7.77. The molecule has 0 atom stereocenters. The molecule has 0 N–H and O–H groups in total. The summed E-state index contributed by atoms with van der Waals surface area (Å²) in [4.78, 5) is 33.6. The van der Waals surface area contributed by atoms with Crippen molar-refractivity contribution < 1.29 is 23.7 Å². The van der Waals surface area contributed by atoms with Crippen LogP contribution < -0.4 is 0 Å². The minimum absolute atomic E-state index is 0.147. The number of benzene rings is 1. The van der Waals surface area contributed by atoms with Crippen molar-refractivity contribution in [1.82, 2.24) is 0 Å². The van der Waals surface area contributed by atoms with E-state index in [-0.39, 0.29) is 18.2 Å². The van der Waals surface area contributed by atoms with Crippen LogP contribution >= 0.6 is 0 Å². The molecule has 0 saturated heterocycles. The van der Waals surface area contributed by atoms with E-state index in [9.17, 15) is 19.7 Å². The van der Waals surface area contributed by atoms with E-state index in [4.69, 9.17) is 9.15 Å². The number of Topliss-reactive ketones (excluding diaryl/α,β-unsaturated/α-hetero) is 1. The van der Waals surface area contributed by atoms with Crippen molar-refractivity contribution in [1.29, 1.82) is 0 Å². The number of hydrogen-bond donors (Lipinski definition) is 0. The van der Waals surface area contributed by atoms with E-state index in [1.807, 2.05) is 12.1 Å². The Morgan fingerprint density at radius 3 is 2.76 bits per heavy atom. The molecule has 3 rings (SSSR count). The van der Waals surface area contributed by atoms with Crippen molar-refractivity contribution in [2.75, 3.05) is 6.61 Å². The summed E-state index contributed by atoms with van der Waals surface area (Å²) in [7, 11) is 0. The molecule has 0 radical (unpaired) electrons. The first-order valence-corrected chi connectivity index (χ1v) is 7.77. The standard InChI is InChI=1S/C18H15NO6/c20-16(14-5-4-12-2-1-3-13(12)10-14)11-24-18(21)9-7-15-6-8-17(25-15)19(22)23/h4-10H,1-3,11H2/b9-7+. The number of carbonyl (C=O) groups excluding carboxylic acids is 2. The minimum atomic E-state index is -0.728.